The van der Waals surface area contributed by atoms with Crippen LogP contribution in [0, 0.1) is 12.7 Å². The summed E-state index contributed by atoms with van der Waals surface area (Å²) in [5, 5.41) is 8.68. The van der Waals surface area contributed by atoms with Gasteiger partial charge in [-0.15, -0.1) is 11.3 Å². The number of carbonyl (C=O) groups is 1. The normalized spacial score (nSPS) is 11.3. The van der Waals surface area contributed by atoms with Gasteiger partial charge in [-0.25, -0.2) is 12.8 Å². The van der Waals surface area contributed by atoms with Crippen LogP contribution in [-0.2, 0) is 21.2 Å². The van der Waals surface area contributed by atoms with Crippen LogP contribution in [0.15, 0.2) is 34.5 Å². The summed E-state index contributed by atoms with van der Waals surface area (Å²) >= 11 is 0.889. The monoisotopic (exact) mass is 329 g/mol. The van der Waals surface area contributed by atoms with Crippen molar-refractivity contribution < 1.29 is 22.7 Å². The van der Waals surface area contributed by atoms with Gasteiger partial charge in [-0.2, -0.15) is 0 Å². The van der Waals surface area contributed by atoms with Gasteiger partial charge in [0.15, 0.2) is 0 Å². The number of thiophene rings is 1. The molecule has 2 rings (SSSR count). The summed E-state index contributed by atoms with van der Waals surface area (Å²) in [6, 6.07) is 6.70. The number of halogens is 1. The van der Waals surface area contributed by atoms with Crippen molar-refractivity contribution in [1.29, 1.82) is 0 Å². The first-order valence-electron chi connectivity index (χ1n) is 5.87. The fourth-order valence-electron chi connectivity index (χ4n) is 1.66. The van der Waals surface area contributed by atoms with Gasteiger partial charge < -0.3 is 5.11 Å². The van der Waals surface area contributed by atoms with Crippen LogP contribution >= 0.6 is 11.3 Å². The second-order valence-electron chi connectivity index (χ2n) is 4.36. The second kappa shape index (κ2) is 5.82. The summed E-state index contributed by atoms with van der Waals surface area (Å²) in [6.45, 7) is 1.53. The van der Waals surface area contributed by atoms with Crippen molar-refractivity contribution in [1.82, 2.24) is 0 Å². The maximum absolute atomic E-state index is 13.1. The quantitative estimate of drug-likeness (QED) is 0.883. The summed E-state index contributed by atoms with van der Waals surface area (Å²) < 4.78 is 39.8. The predicted octanol–water partition coefficient (Wildman–Crippen LogP) is 2.62. The van der Waals surface area contributed by atoms with Crippen molar-refractivity contribution in [2.24, 2.45) is 0 Å². The molecule has 0 spiro atoms. The van der Waals surface area contributed by atoms with Crippen LogP contribution in [0.25, 0.3) is 0 Å². The molecule has 21 heavy (non-hydrogen) atoms. The summed E-state index contributed by atoms with van der Waals surface area (Å²) in [5.74, 6) is -1.44. The number of anilines is 1. The first-order valence-corrected chi connectivity index (χ1v) is 8.17. The lowest BCUT2D eigenvalue weighted by Gasteiger charge is -2.07. The van der Waals surface area contributed by atoms with E-state index < -0.39 is 21.8 Å². The molecule has 0 fully saturated rings. The predicted molar refractivity (Wildman–Crippen MR) is 77.6 cm³/mol. The number of sulfonamides is 1. The van der Waals surface area contributed by atoms with E-state index in [2.05, 4.69) is 4.72 Å². The van der Waals surface area contributed by atoms with Crippen LogP contribution in [0.3, 0.4) is 0 Å². The largest absolute Gasteiger partial charge is 0.481 e. The summed E-state index contributed by atoms with van der Waals surface area (Å²) in [7, 11) is -3.80. The average Bonchev–Trinajstić information content (AvgIpc) is 2.82. The summed E-state index contributed by atoms with van der Waals surface area (Å²) in [5.41, 5.74) is 0.579. The lowest BCUT2D eigenvalue weighted by molar-refractivity contribution is -0.136. The molecule has 0 radical (unpaired) electrons. The molecular formula is C13H12FNO4S2. The maximum atomic E-state index is 13.1. The van der Waals surface area contributed by atoms with E-state index in [1.807, 2.05) is 0 Å². The molecule has 8 heteroatoms. The highest BCUT2D eigenvalue weighted by Gasteiger charge is 2.18. The Bertz CT molecular complexity index is 783. The standard InChI is InChI=1S/C13H12FNO4S2/c1-8-6-9(2-4-11(8)14)15-21(18,19)13-5-3-10(20-13)7-12(16)17/h2-6,15H,7H2,1H3,(H,16,17). The molecule has 0 aliphatic rings. The van der Waals surface area contributed by atoms with E-state index in [9.17, 15) is 17.6 Å². The van der Waals surface area contributed by atoms with E-state index in [0.29, 0.717) is 10.4 Å². The van der Waals surface area contributed by atoms with E-state index in [0.717, 1.165) is 11.3 Å². The van der Waals surface area contributed by atoms with Gasteiger partial charge in [-0.1, -0.05) is 0 Å². The van der Waals surface area contributed by atoms with Gasteiger partial charge in [-0.3, -0.25) is 9.52 Å². The van der Waals surface area contributed by atoms with Gasteiger partial charge in [0.2, 0.25) is 0 Å². The molecular weight excluding hydrogens is 317 g/mol. The Kier molecular flexibility index (Phi) is 4.29. The molecule has 0 aliphatic carbocycles. The van der Waals surface area contributed by atoms with Crippen LogP contribution in [0.2, 0.25) is 0 Å². The van der Waals surface area contributed by atoms with Gasteiger partial charge in [0.25, 0.3) is 10.0 Å². The maximum Gasteiger partial charge on any atom is 0.308 e. The SMILES string of the molecule is Cc1cc(NS(=O)(=O)c2ccc(CC(=O)O)s2)ccc1F. The third-order valence-electron chi connectivity index (χ3n) is 2.64. The van der Waals surface area contributed by atoms with Crippen LogP contribution < -0.4 is 4.72 Å². The number of hydrogen-bond acceptors (Lipinski definition) is 4. The zero-order valence-electron chi connectivity index (χ0n) is 11.0. The second-order valence-corrected chi connectivity index (χ2v) is 7.44. The first kappa shape index (κ1) is 15.5. The highest BCUT2D eigenvalue weighted by Crippen LogP contribution is 2.25. The molecule has 1 heterocycles. The highest BCUT2D eigenvalue weighted by molar-refractivity contribution is 7.94. The molecule has 0 aliphatic heterocycles. The van der Waals surface area contributed by atoms with Crippen molar-refractivity contribution >= 4 is 33.0 Å². The van der Waals surface area contributed by atoms with Crippen molar-refractivity contribution in [3.05, 3.63) is 46.6 Å². The van der Waals surface area contributed by atoms with Crippen molar-refractivity contribution in [2.75, 3.05) is 4.72 Å². The molecule has 2 N–H and O–H groups in total. The zero-order chi connectivity index (χ0) is 15.6. The van der Waals surface area contributed by atoms with Gasteiger partial charge in [0.1, 0.15) is 10.0 Å². The summed E-state index contributed by atoms with van der Waals surface area (Å²) in [4.78, 5) is 11.0. The van der Waals surface area contributed by atoms with Gasteiger partial charge in [-0.05, 0) is 42.8 Å². The molecule has 1 aromatic carbocycles. The minimum atomic E-state index is -3.80. The Labute approximate surface area is 125 Å². The fourth-order valence-corrected chi connectivity index (χ4v) is 4.06. The van der Waals surface area contributed by atoms with Gasteiger partial charge in [0, 0.05) is 10.6 Å². The van der Waals surface area contributed by atoms with Crippen LogP contribution in [0.5, 0.6) is 0 Å². The van der Waals surface area contributed by atoms with E-state index in [1.165, 1.54) is 37.3 Å². The number of nitrogens with one attached hydrogen (secondary N) is 1. The van der Waals surface area contributed by atoms with E-state index in [-0.39, 0.29) is 16.3 Å². The lowest BCUT2D eigenvalue weighted by atomic mass is 10.2. The summed E-state index contributed by atoms with van der Waals surface area (Å²) in [6.07, 6.45) is -0.226. The minimum Gasteiger partial charge on any atom is -0.481 e. The smallest absolute Gasteiger partial charge is 0.308 e. The number of carboxylic acid groups (broad SMARTS) is 1. The molecule has 1 aromatic heterocycles. The Balaban J connectivity index is 2.23. The molecule has 0 atom stereocenters. The molecule has 0 saturated carbocycles. The number of aryl methyl sites for hydroxylation is 1. The number of aliphatic carboxylic acids is 1. The number of rotatable bonds is 5. The molecule has 0 unspecified atom stereocenters. The van der Waals surface area contributed by atoms with Gasteiger partial charge >= 0.3 is 5.97 Å². The molecule has 2 aromatic rings. The van der Waals surface area contributed by atoms with Crippen molar-refractivity contribution in [2.45, 2.75) is 17.6 Å². The van der Waals surface area contributed by atoms with E-state index in [4.69, 9.17) is 5.11 Å². The first-order chi connectivity index (χ1) is 9.78. The average molecular weight is 329 g/mol. The lowest BCUT2D eigenvalue weighted by Crippen LogP contribution is -2.11. The Morgan fingerprint density at radius 1 is 1.33 bits per heavy atom. The zero-order valence-corrected chi connectivity index (χ0v) is 12.6. The molecule has 112 valence electrons. The Hall–Kier alpha value is -1.93. The fraction of sp³-hybridized carbons (Fsp3) is 0.154. The number of hydrogen-bond donors (Lipinski definition) is 2. The highest BCUT2D eigenvalue weighted by atomic mass is 32.2. The van der Waals surface area contributed by atoms with Crippen molar-refractivity contribution in [3.8, 4) is 0 Å². The third kappa shape index (κ3) is 3.79. The number of carboxylic acids is 1. The topological polar surface area (TPSA) is 83.5 Å². The Morgan fingerprint density at radius 2 is 2.05 bits per heavy atom. The molecule has 0 amide bonds. The van der Waals surface area contributed by atoms with E-state index in [1.54, 1.807) is 0 Å². The number of benzene rings is 1. The van der Waals surface area contributed by atoms with Crippen LogP contribution in [0.4, 0.5) is 10.1 Å². The van der Waals surface area contributed by atoms with Crippen LogP contribution in [-0.4, -0.2) is 19.5 Å². The third-order valence-corrected chi connectivity index (χ3v) is 5.60. The minimum absolute atomic E-state index is 0.0146. The molecule has 0 bridgehead atoms. The van der Waals surface area contributed by atoms with Crippen molar-refractivity contribution in [3.63, 3.8) is 0 Å². The van der Waals surface area contributed by atoms with Gasteiger partial charge in [0.05, 0.1) is 6.42 Å². The molecule has 5 nitrogen and oxygen atoms in total. The van der Waals surface area contributed by atoms with Crippen LogP contribution in [0.1, 0.15) is 10.4 Å². The molecule has 0 saturated heterocycles. The van der Waals surface area contributed by atoms with E-state index >= 15 is 0 Å². The Morgan fingerprint density at radius 3 is 2.67 bits per heavy atom.